The largest absolute Gasteiger partial charge is 0.497 e. The Kier molecular flexibility index (Phi) is 4.95. The molecular formula is C23H23N5O2. The van der Waals surface area contributed by atoms with E-state index in [1.807, 2.05) is 58.0 Å². The van der Waals surface area contributed by atoms with Gasteiger partial charge in [-0.3, -0.25) is 9.78 Å². The summed E-state index contributed by atoms with van der Waals surface area (Å²) in [4.78, 5) is 22.2. The van der Waals surface area contributed by atoms with Gasteiger partial charge in [0.1, 0.15) is 5.75 Å². The molecule has 7 nitrogen and oxygen atoms in total. The highest BCUT2D eigenvalue weighted by Gasteiger charge is 2.20. The SMILES string of the molecule is COc1cccc(-n2nc(C)c3c(C(=O)Nc4c(C)ccnc4C)cc(C)nc32)c1. The molecule has 0 aliphatic heterocycles. The first-order chi connectivity index (χ1) is 14.4. The molecule has 0 saturated heterocycles. The monoisotopic (exact) mass is 401 g/mol. The van der Waals surface area contributed by atoms with Crippen LogP contribution in [0.15, 0.2) is 42.6 Å². The van der Waals surface area contributed by atoms with Gasteiger partial charge in [-0.15, -0.1) is 0 Å². The zero-order valence-corrected chi connectivity index (χ0v) is 17.6. The first-order valence-electron chi connectivity index (χ1n) is 9.64. The molecule has 0 saturated carbocycles. The van der Waals surface area contributed by atoms with Crippen LogP contribution in [0.5, 0.6) is 5.75 Å². The normalized spacial score (nSPS) is 11.0. The van der Waals surface area contributed by atoms with Gasteiger partial charge in [-0.25, -0.2) is 9.67 Å². The van der Waals surface area contributed by atoms with Crippen LogP contribution >= 0.6 is 0 Å². The Hall–Kier alpha value is -3.74. The van der Waals surface area contributed by atoms with Crippen molar-refractivity contribution in [1.29, 1.82) is 0 Å². The number of nitrogens with zero attached hydrogens (tertiary/aromatic N) is 4. The van der Waals surface area contributed by atoms with Gasteiger partial charge in [-0.05, 0) is 57.5 Å². The Balaban J connectivity index is 1.85. The smallest absolute Gasteiger partial charge is 0.256 e. The lowest BCUT2D eigenvalue weighted by molar-refractivity contribution is 0.102. The lowest BCUT2D eigenvalue weighted by Crippen LogP contribution is -2.15. The van der Waals surface area contributed by atoms with Crippen molar-refractivity contribution in [2.24, 2.45) is 0 Å². The van der Waals surface area contributed by atoms with E-state index >= 15 is 0 Å². The highest BCUT2D eigenvalue weighted by atomic mass is 16.5. The van der Waals surface area contributed by atoms with E-state index in [9.17, 15) is 4.79 Å². The van der Waals surface area contributed by atoms with Crippen molar-refractivity contribution in [3.63, 3.8) is 0 Å². The molecule has 4 aromatic rings. The fraction of sp³-hybridized carbons (Fsp3) is 0.217. The van der Waals surface area contributed by atoms with Crippen LogP contribution in [0.4, 0.5) is 5.69 Å². The van der Waals surface area contributed by atoms with Gasteiger partial charge in [-0.1, -0.05) is 6.07 Å². The third-order valence-electron chi connectivity index (χ3n) is 5.07. The van der Waals surface area contributed by atoms with Gasteiger partial charge in [0.25, 0.3) is 5.91 Å². The Morgan fingerprint density at radius 3 is 2.60 bits per heavy atom. The lowest BCUT2D eigenvalue weighted by atomic mass is 10.1. The lowest BCUT2D eigenvalue weighted by Gasteiger charge is -2.12. The van der Waals surface area contributed by atoms with Gasteiger partial charge in [0.05, 0.1) is 40.8 Å². The standard InChI is InChI=1S/C23H23N5O2/c1-13-9-10-24-16(4)21(13)26-23(29)19-11-14(2)25-22-20(19)15(3)27-28(22)17-7-6-8-18(12-17)30-5/h6-12H,1-5H3,(H,26,29). The number of benzene rings is 1. The van der Waals surface area contributed by atoms with Crippen LogP contribution in [0, 0.1) is 27.7 Å². The minimum Gasteiger partial charge on any atom is -0.497 e. The van der Waals surface area contributed by atoms with E-state index in [1.54, 1.807) is 24.1 Å². The minimum absolute atomic E-state index is 0.210. The number of fused-ring (bicyclic) bond motifs is 1. The predicted molar refractivity (Wildman–Crippen MR) is 117 cm³/mol. The second-order valence-electron chi connectivity index (χ2n) is 7.25. The molecule has 1 aromatic carbocycles. The van der Waals surface area contributed by atoms with Crippen LogP contribution in [0.2, 0.25) is 0 Å². The van der Waals surface area contributed by atoms with E-state index in [1.165, 1.54) is 0 Å². The molecule has 7 heteroatoms. The molecule has 0 aliphatic carbocycles. The molecule has 1 N–H and O–H groups in total. The van der Waals surface area contributed by atoms with Crippen LogP contribution in [0.25, 0.3) is 16.7 Å². The number of carbonyl (C=O) groups excluding carboxylic acids is 1. The fourth-order valence-corrected chi connectivity index (χ4v) is 3.58. The molecule has 4 rings (SSSR count). The number of nitrogens with one attached hydrogen (secondary N) is 1. The van der Waals surface area contributed by atoms with Crippen LogP contribution in [0.1, 0.15) is 33.0 Å². The van der Waals surface area contributed by atoms with Gasteiger partial charge in [0.2, 0.25) is 0 Å². The first kappa shape index (κ1) is 19.6. The Morgan fingerprint density at radius 2 is 1.87 bits per heavy atom. The number of hydrogen-bond donors (Lipinski definition) is 1. The number of aromatic nitrogens is 4. The average Bonchev–Trinajstić information content (AvgIpc) is 3.06. The summed E-state index contributed by atoms with van der Waals surface area (Å²) in [7, 11) is 1.62. The molecule has 0 fully saturated rings. The van der Waals surface area contributed by atoms with Crippen molar-refractivity contribution in [3.8, 4) is 11.4 Å². The number of hydrogen-bond acceptors (Lipinski definition) is 5. The van der Waals surface area contributed by atoms with Crippen molar-refractivity contribution in [1.82, 2.24) is 19.7 Å². The molecule has 3 heterocycles. The number of carbonyl (C=O) groups is 1. The molecule has 30 heavy (non-hydrogen) atoms. The van der Waals surface area contributed by atoms with Crippen LogP contribution in [-0.4, -0.2) is 32.8 Å². The number of pyridine rings is 2. The third-order valence-corrected chi connectivity index (χ3v) is 5.07. The van der Waals surface area contributed by atoms with Crippen molar-refractivity contribution < 1.29 is 9.53 Å². The number of methoxy groups -OCH3 is 1. The summed E-state index contributed by atoms with van der Waals surface area (Å²) >= 11 is 0. The molecule has 0 aliphatic rings. The van der Waals surface area contributed by atoms with Gasteiger partial charge >= 0.3 is 0 Å². The van der Waals surface area contributed by atoms with Crippen LogP contribution in [0.3, 0.4) is 0 Å². The Bertz CT molecular complexity index is 1260. The molecule has 0 radical (unpaired) electrons. The quantitative estimate of drug-likeness (QED) is 0.551. The molecule has 1 amide bonds. The summed E-state index contributed by atoms with van der Waals surface area (Å²) in [5.74, 6) is 0.514. The van der Waals surface area contributed by atoms with Gasteiger partial charge < -0.3 is 10.1 Å². The summed E-state index contributed by atoms with van der Waals surface area (Å²) < 4.78 is 7.09. The average molecular weight is 401 g/mol. The van der Waals surface area contributed by atoms with Gasteiger partial charge in [0.15, 0.2) is 5.65 Å². The highest BCUT2D eigenvalue weighted by molar-refractivity contribution is 6.13. The van der Waals surface area contributed by atoms with E-state index in [0.717, 1.165) is 45.2 Å². The Labute approximate surface area is 174 Å². The first-order valence-corrected chi connectivity index (χ1v) is 9.64. The second kappa shape index (κ2) is 7.59. The topological polar surface area (TPSA) is 81.9 Å². The van der Waals surface area contributed by atoms with E-state index in [2.05, 4.69) is 20.4 Å². The summed E-state index contributed by atoms with van der Waals surface area (Å²) in [6, 6.07) is 11.3. The number of amides is 1. The predicted octanol–water partition coefficient (Wildman–Crippen LogP) is 4.31. The maximum atomic E-state index is 13.3. The highest BCUT2D eigenvalue weighted by Crippen LogP contribution is 2.27. The summed E-state index contributed by atoms with van der Waals surface area (Å²) in [6.45, 7) is 7.58. The van der Waals surface area contributed by atoms with Crippen molar-refractivity contribution >= 4 is 22.6 Å². The molecule has 0 spiro atoms. The second-order valence-corrected chi connectivity index (χ2v) is 7.25. The molecule has 0 atom stereocenters. The molecule has 0 unspecified atom stereocenters. The van der Waals surface area contributed by atoms with Gasteiger partial charge in [-0.2, -0.15) is 5.10 Å². The Morgan fingerprint density at radius 1 is 1.07 bits per heavy atom. The molecular weight excluding hydrogens is 378 g/mol. The molecule has 0 bridgehead atoms. The van der Waals surface area contributed by atoms with E-state index in [4.69, 9.17) is 4.74 Å². The number of ether oxygens (including phenoxy) is 1. The molecule has 3 aromatic heterocycles. The maximum absolute atomic E-state index is 13.3. The minimum atomic E-state index is -0.210. The van der Waals surface area contributed by atoms with Crippen molar-refractivity contribution in [2.45, 2.75) is 27.7 Å². The molecule has 152 valence electrons. The fourth-order valence-electron chi connectivity index (χ4n) is 3.58. The van der Waals surface area contributed by atoms with Crippen LogP contribution in [-0.2, 0) is 0 Å². The summed E-state index contributed by atoms with van der Waals surface area (Å²) in [5, 5.41) is 8.41. The van der Waals surface area contributed by atoms with Crippen molar-refractivity contribution in [3.05, 3.63) is 70.8 Å². The third kappa shape index (κ3) is 3.39. The number of aryl methyl sites for hydroxylation is 4. The van der Waals surface area contributed by atoms with E-state index < -0.39 is 0 Å². The van der Waals surface area contributed by atoms with Crippen LogP contribution < -0.4 is 10.1 Å². The zero-order valence-electron chi connectivity index (χ0n) is 17.6. The van der Waals surface area contributed by atoms with E-state index in [-0.39, 0.29) is 5.91 Å². The summed E-state index contributed by atoms with van der Waals surface area (Å²) in [5.41, 5.74) is 5.90. The van der Waals surface area contributed by atoms with Crippen molar-refractivity contribution in [2.75, 3.05) is 12.4 Å². The van der Waals surface area contributed by atoms with Gasteiger partial charge in [0, 0.05) is 18.0 Å². The maximum Gasteiger partial charge on any atom is 0.256 e. The van der Waals surface area contributed by atoms with E-state index in [0.29, 0.717) is 11.2 Å². The number of anilines is 1. The zero-order chi connectivity index (χ0) is 21.4. The number of rotatable bonds is 4. The summed E-state index contributed by atoms with van der Waals surface area (Å²) in [6.07, 6.45) is 1.73.